The Balaban J connectivity index is 2.12. The smallest absolute Gasteiger partial charge is 0.162 e. The minimum absolute atomic E-state index is 0.442. The van der Waals surface area contributed by atoms with Crippen molar-refractivity contribution < 1.29 is 9.84 Å². The number of aromatic nitrogens is 2. The van der Waals surface area contributed by atoms with Crippen LogP contribution in [0.3, 0.4) is 0 Å². The summed E-state index contributed by atoms with van der Waals surface area (Å²) in [6.45, 7) is 2.78. The van der Waals surface area contributed by atoms with E-state index in [4.69, 9.17) is 4.74 Å². The van der Waals surface area contributed by atoms with Crippen LogP contribution in [0.4, 0.5) is 0 Å². The molecule has 1 atom stereocenters. The molecule has 0 radical (unpaired) electrons. The first-order valence-corrected chi connectivity index (χ1v) is 6.04. The van der Waals surface area contributed by atoms with Gasteiger partial charge in [-0.1, -0.05) is 19.3 Å². The lowest BCUT2D eigenvalue weighted by Gasteiger charge is -2.27. The second-order valence-corrected chi connectivity index (χ2v) is 4.46. The highest BCUT2D eigenvalue weighted by Crippen LogP contribution is 2.37. The standard InChI is InChI=1S/C12H20N2O2/c1-3-14-12(11(16-2)8-13-14)10(15)7-9-5-4-6-9/h8-10,15H,3-7H2,1-2H3. The number of methoxy groups -OCH3 is 1. The molecule has 1 fully saturated rings. The molecule has 1 heterocycles. The molecule has 1 aromatic rings. The summed E-state index contributed by atoms with van der Waals surface area (Å²) in [6, 6.07) is 0. The molecule has 2 rings (SSSR count). The van der Waals surface area contributed by atoms with Gasteiger partial charge >= 0.3 is 0 Å². The molecule has 1 unspecified atom stereocenters. The van der Waals surface area contributed by atoms with Crippen molar-refractivity contribution in [2.24, 2.45) is 5.92 Å². The molecule has 90 valence electrons. The molecule has 1 aliphatic rings. The van der Waals surface area contributed by atoms with E-state index in [0.717, 1.165) is 18.7 Å². The lowest BCUT2D eigenvalue weighted by molar-refractivity contribution is 0.108. The largest absolute Gasteiger partial charge is 0.493 e. The summed E-state index contributed by atoms with van der Waals surface area (Å²) < 4.78 is 7.06. The first kappa shape index (κ1) is 11.5. The Morgan fingerprint density at radius 3 is 2.88 bits per heavy atom. The van der Waals surface area contributed by atoms with E-state index in [1.54, 1.807) is 13.3 Å². The van der Waals surface area contributed by atoms with Crippen LogP contribution >= 0.6 is 0 Å². The molecule has 1 aliphatic carbocycles. The van der Waals surface area contributed by atoms with E-state index in [1.807, 2.05) is 11.6 Å². The Kier molecular flexibility index (Phi) is 3.49. The predicted octanol–water partition coefficient (Wildman–Crippen LogP) is 2.14. The monoisotopic (exact) mass is 224 g/mol. The fourth-order valence-electron chi connectivity index (χ4n) is 2.28. The number of aliphatic hydroxyl groups is 1. The van der Waals surface area contributed by atoms with Crippen LogP contribution in [-0.4, -0.2) is 22.0 Å². The molecule has 16 heavy (non-hydrogen) atoms. The van der Waals surface area contributed by atoms with Crippen LogP contribution in [0.1, 0.15) is 44.4 Å². The number of ether oxygens (including phenoxy) is 1. The summed E-state index contributed by atoms with van der Waals surface area (Å²) in [7, 11) is 1.62. The average molecular weight is 224 g/mol. The second-order valence-electron chi connectivity index (χ2n) is 4.46. The van der Waals surface area contributed by atoms with Gasteiger partial charge < -0.3 is 9.84 Å². The van der Waals surface area contributed by atoms with Gasteiger partial charge in [-0.15, -0.1) is 0 Å². The fraction of sp³-hybridized carbons (Fsp3) is 0.750. The van der Waals surface area contributed by atoms with Crippen molar-refractivity contribution >= 4 is 0 Å². The zero-order chi connectivity index (χ0) is 11.5. The van der Waals surface area contributed by atoms with Gasteiger partial charge in [0.2, 0.25) is 0 Å². The van der Waals surface area contributed by atoms with Gasteiger partial charge in [0.15, 0.2) is 5.75 Å². The molecular formula is C12H20N2O2. The van der Waals surface area contributed by atoms with E-state index in [2.05, 4.69) is 5.10 Å². The van der Waals surface area contributed by atoms with Crippen LogP contribution < -0.4 is 4.74 Å². The quantitative estimate of drug-likeness (QED) is 0.833. The number of nitrogens with zero attached hydrogens (tertiary/aromatic N) is 2. The van der Waals surface area contributed by atoms with Crippen LogP contribution in [0.2, 0.25) is 0 Å². The Morgan fingerprint density at radius 2 is 2.38 bits per heavy atom. The average Bonchev–Trinajstić information content (AvgIpc) is 2.65. The summed E-state index contributed by atoms with van der Waals surface area (Å²) in [4.78, 5) is 0. The first-order chi connectivity index (χ1) is 7.76. The molecule has 0 spiro atoms. The highest BCUT2D eigenvalue weighted by atomic mass is 16.5. The van der Waals surface area contributed by atoms with Crippen molar-refractivity contribution in [3.05, 3.63) is 11.9 Å². The topological polar surface area (TPSA) is 47.3 Å². The Bertz CT molecular complexity index is 323. The molecular weight excluding hydrogens is 204 g/mol. The van der Waals surface area contributed by atoms with E-state index in [-0.39, 0.29) is 0 Å². The maximum absolute atomic E-state index is 10.2. The van der Waals surface area contributed by atoms with Gasteiger partial charge in [-0.05, 0) is 19.3 Å². The maximum atomic E-state index is 10.2. The number of aryl methyl sites for hydroxylation is 1. The van der Waals surface area contributed by atoms with Crippen molar-refractivity contribution in [3.8, 4) is 5.75 Å². The molecule has 0 bridgehead atoms. The number of hydrogen-bond donors (Lipinski definition) is 1. The van der Waals surface area contributed by atoms with Gasteiger partial charge in [-0.2, -0.15) is 5.10 Å². The fourth-order valence-corrected chi connectivity index (χ4v) is 2.28. The van der Waals surface area contributed by atoms with Crippen molar-refractivity contribution in [1.29, 1.82) is 0 Å². The van der Waals surface area contributed by atoms with Gasteiger partial charge in [-0.25, -0.2) is 0 Å². The lowest BCUT2D eigenvalue weighted by Crippen LogP contribution is -2.17. The minimum atomic E-state index is -0.442. The van der Waals surface area contributed by atoms with E-state index >= 15 is 0 Å². The third kappa shape index (κ3) is 2.07. The van der Waals surface area contributed by atoms with Gasteiger partial charge in [0.05, 0.1) is 19.4 Å². The Labute approximate surface area is 96.2 Å². The molecule has 0 aliphatic heterocycles. The van der Waals surface area contributed by atoms with E-state index in [1.165, 1.54) is 19.3 Å². The van der Waals surface area contributed by atoms with Crippen molar-refractivity contribution in [3.63, 3.8) is 0 Å². The van der Waals surface area contributed by atoms with E-state index in [0.29, 0.717) is 11.7 Å². The highest BCUT2D eigenvalue weighted by molar-refractivity contribution is 5.27. The summed E-state index contributed by atoms with van der Waals surface area (Å²) in [6.07, 6.45) is 5.88. The van der Waals surface area contributed by atoms with Gasteiger partial charge in [0.25, 0.3) is 0 Å². The van der Waals surface area contributed by atoms with Crippen molar-refractivity contribution in [2.75, 3.05) is 7.11 Å². The SMILES string of the molecule is CCn1ncc(OC)c1C(O)CC1CCC1. The summed E-state index contributed by atoms with van der Waals surface area (Å²) in [5.41, 5.74) is 0.830. The normalized spacial score (nSPS) is 18.2. The van der Waals surface area contributed by atoms with Crippen molar-refractivity contribution in [1.82, 2.24) is 9.78 Å². The number of aliphatic hydroxyl groups excluding tert-OH is 1. The molecule has 1 aromatic heterocycles. The van der Waals surface area contributed by atoms with Gasteiger partial charge in [-0.3, -0.25) is 4.68 Å². The highest BCUT2D eigenvalue weighted by Gasteiger charge is 2.26. The molecule has 0 amide bonds. The number of hydrogen-bond acceptors (Lipinski definition) is 3. The van der Waals surface area contributed by atoms with E-state index < -0.39 is 6.10 Å². The predicted molar refractivity (Wildman–Crippen MR) is 61.4 cm³/mol. The third-order valence-electron chi connectivity index (χ3n) is 3.46. The summed E-state index contributed by atoms with van der Waals surface area (Å²) in [5, 5.41) is 14.4. The van der Waals surface area contributed by atoms with Crippen molar-refractivity contribution in [2.45, 2.75) is 45.3 Å². The first-order valence-electron chi connectivity index (χ1n) is 6.04. The minimum Gasteiger partial charge on any atom is -0.493 e. The van der Waals surface area contributed by atoms with Crippen LogP contribution in [0.5, 0.6) is 5.75 Å². The van der Waals surface area contributed by atoms with Crippen LogP contribution in [0.15, 0.2) is 6.20 Å². The molecule has 1 N–H and O–H groups in total. The van der Waals surface area contributed by atoms with Crippen LogP contribution in [-0.2, 0) is 6.54 Å². The van der Waals surface area contributed by atoms with Gasteiger partial charge in [0, 0.05) is 6.54 Å². The summed E-state index contributed by atoms with van der Waals surface area (Å²) in [5.74, 6) is 1.38. The molecule has 0 aromatic carbocycles. The Hall–Kier alpha value is -1.03. The molecule has 1 saturated carbocycles. The zero-order valence-electron chi connectivity index (χ0n) is 10.0. The third-order valence-corrected chi connectivity index (χ3v) is 3.46. The Morgan fingerprint density at radius 1 is 1.62 bits per heavy atom. The van der Waals surface area contributed by atoms with Crippen LogP contribution in [0.25, 0.3) is 0 Å². The number of rotatable bonds is 5. The van der Waals surface area contributed by atoms with E-state index in [9.17, 15) is 5.11 Å². The van der Waals surface area contributed by atoms with Crippen LogP contribution in [0, 0.1) is 5.92 Å². The summed E-state index contributed by atoms with van der Waals surface area (Å²) >= 11 is 0. The zero-order valence-corrected chi connectivity index (χ0v) is 10.0. The molecule has 4 nitrogen and oxygen atoms in total. The second kappa shape index (κ2) is 4.87. The maximum Gasteiger partial charge on any atom is 0.162 e. The molecule has 0 saturated heterocycles. The molecule has 4 heteroatoms. The lowest BCUT2D eigenvalue weighted by atomic mass is 9.81. The van der Waals surface area contributed by atoms with Gasteiger partial charge in [0.1, 0.15) is 5.69 Å².